The third-order valence-electron chi connectivity index (χ3n) is 2.41. The molecular formula is C12H7BrClF3S. The van der Waals surface area contributed by atoms with Crippen LogP contribution in [0.3, 0.4) is 0 Å². The number of alkyl halides is 4. The summed E-state index contributed by atoms with van der Waals surface area (Å²) in [6.45, 7) is 0. The highest BCUT2D eigenvalue weighted by molar-refractivity contribution is 9.09. The second-order valence-electron chi connectivity index (χ2n) is 3.62. The van der Waals surface area contributed by atoms with E-state index in [2.05, 4.69) is 15.9 Å². The summed E-state index contributed by atoms with van der Waals surface area (Å²) < 4.78 is 37.3. The molecule has 0 saturated heterocycles. The molecule has 1 atom stereocenters. The van der Waals surface area contributed by atoms with Crippen LogP contribution < -0.4 is 0 Å². The molecular weight excluding hydrogens is 349 g/mol. The van der Waals surface area contributed by atoms with E-state index in [0.29, 0.717) is 5.02 Å². The van der Waals surface area contributed by atoms with Crippen LogP contribution in [0.1, 0.15) is 20.8 Å². The van der Waals surface area contributed by atoms with E-state index in [4.69, 9.17) is 11.6 Å². The van der Waals surface area contributed by atoms with Crippen LogP contribution in [0.5, 0.6) is 0 Å². The predicted octanol–water partition coefficient (Wildman–Crippen LogP) is 5.90. The Labute approximate surface area is 120 Å². The lowest BCUT2D eigenvalue weighted by molar-refractivity contribution is -0.137. The number of benzene rings is 1. The quantitative estimate of drug-likeness (QED) is 0.588. The molecule has 0 saturated carbocycles. The fraction of sp³-hybridized carbons (Fsp3) is 0.167. The molecule has 0 aliphatic heterocycles. The Morgan fingerprint density at radius 2 is 1.72 bits per heavy atom. The maximum Gasteiger partial charge on any atom is 0.416 e. The number of hydrogen-bond acceptors (Lipinski definition) is 1. The molecule has 1 aromatic heterocycles. The summed E-state index contributed by atoms with van der Waals surface area (Å²) in [6, 6.07) is 6.83. The Morgan fingerprint density at radius 3 is 2.17 bits per heavy atom. The van der Waals surface area contributed by atoms with Crippen LogP contribution >= 0.6 is 38.9 Å². The van der Waals surface area contributed by atoms with Gasteiger partial charge in [0, 0.05) is 4.88 Å². The van der Waals surface area contributed by atoms with Crippen molar-refractivity contribution in [2.75, 3.05) is 0 Å². The summed E-state index contributed by atoms with van der Waals surface area (Å²) >= 11 is 10.9. The third kappa shape index (κ3) is 2.90. The Kier molecular flexibility index (Phi) is 4.04. The van der Waals surface area contributed by atoms with Gasteiger partial charge in [0.1, 0.15) is 0 Å². The van der Waals surface area contributed by atoms with Crippen molar-refractivity contribution in [3.63, 3.8) is 0 Å². The summed E-state index contributed by atoms with van der Waals surface area (Å²) in [5.41, 5.74) is 0.0931. The van der Waals surface area contributed by atoms with Crippen LogP contribution in [0.2, 0.25) is 5.02 Å². The van der Waals surface area contributed by atoms with Crippen LogP contribution in [-0.4, -0.2) is 0 Å². The van der Waals surface area contributed by atoms with Gasteiger partial charge in [0.15, 0.2) is 0 Å². The molecule has 0 aliphatic carbocycles. The largest absolute Gasteiger partial charge is 0.416 e. The first-order valence-electron chi connectivity index (χ1n) is 4.93. The minimum Gasteiger partial charge on any atom is -0.166 e. The van der Waals surface area contributed by atoms with E-state index in [0.717, 1.165) is 22.6 Å². The van der Waals surface area contributed by atoms with Gasteiger partial charge in [-0.3, -0.25) is 0 Å². The first kappa shape index (κ1) is 13.9. The van der Waals surface area contributed by atoms with E-state index in [-0.39, 0.29) is 4.83 Å². The van der Waals surface area contributed by atoms with E-state index < -0.39 is 11.7 Å². The Morgan fingerprint density at radius 1 is 1.11 bits per heavy atom. The second kappa shape index (κ2) is 5.23. The van der Waals surface area contributed by atoms with Gasteiger partial charge in [-0.1, -0.05) is 39.7 Å². The van der Waals surface area contributed by atoms with Crippen LogP contribution in [0.25, 0.3) is 0 Å². The Balaban J connectivity index is 2.28. The van der Waals surface area contributed by atoms with Crippen molar-refractivity contribution in [2.24, 2.45) is 0 Å². The highest BCUT2D eigenvalue weighted by Gasteiger charge is 2.30. The summed E-state index contributed by atoms with van der Waals surface area (Å²) in [4.78, 5) is 0.698. The number of hydrogen-bond donors (Lipinski definition) is 0. The molecule has 1 heterocycles. The van der Waals surface area contributed by atoms with Gasteiger partial charge in [0.05, 0.1) is 15.4 Å². The summed E-state index contributed by atoms with van der Waals surface area (Å²) in [7, 11) is 0. The van der Waals surface area contributed by atoms with Crippen molar-refractivity contribution in [3.8, 4) is 0 Å². The molecule has 0 spiro atoms. The van der Waals surface area contributed by atoms with Crippen molar-refractivity contribution < 1.29 is 13.2 Å². The zero-order valence-electron chi connectivity index (χ0n) is 8.84. The van der Waals surface area contributed by atoms with Gasteiger partial charge >= 0.3 is 6.18 Å². The lowest BCUT2D eigenvalue weighted by Crippen LogP contribution is -2.04. The van der Waals surface area contributed by atoms with Crippen molar-refractivity contribution in [1.29, 1.82) is 0 Å². The second-order valence-corrected chi connectivity index (χ2v) is 5.89. The monoisotopic (exact) mass is 354 g/mol. The molecule has 1 aromatic carbocycles. The minimum absolute atomic E-state index is 0.188. The SMILES string of the molecule is FC(F)(F)c1ccc(C(Br)c2sccc2Cl)cc1. The van der Waals surface area contributed by atoms with Crippen LogP contribution in [0.4, 0.5) is 13.2 Å². The smallest absolute Gasteiger partial charge is 0.166 e. The molecule has 96 valence electrons. The molecule has 2 rings (SSSR count). The first-order chi connectivity index (χ1) is 8.39. The lowest BCUT2D eigenvalue weighted by atomic mass is 10.1. The van der Waals surface area contributed by atoms with Crippen LogP contribution in [-0.2, 0) is 6.18 Å². The van der Waals surface area contributed by atoms with Crippen LogP contribution in [0, 0.1) is 0 Å². The molecule has 0 aliphatic rings. The molecule has 2 aromatic rings. The molecule has 6 heteroatoms. The summed E-state index contributed by atoms with van der Waals surface area (Å²) in [5, 5.41) is 2.46. The van der Waals surface area contributed by atoms with E-state index in [1.165, 1.54) is 23.5 Å². The van der Waals surface area contributed by atoms with Gasteiger partial charge in [-0.25, -0.2) is 0 Å². The molecule has 0 fully saturated rings. The number of thiophene rings is 1. The predicted molar refractivity (Wildman–Crippen MR) is 71.5 cm³/mol. The third-order valence-corrected chi connectivity index (χ3v) is 5.12. The van der Waals surface area contributed by atoms with Crippen molar-refractivity contribution in [2.45, 2.75) is 11.0 Å². The molecule has 0 radical (unpaired) electrons. The van der Waals surface area contributed by atoms with Gasteiger partial charge in [-0.05, 0) is 29.1 Å². The fourth-order valence-electron chi connectivity index (χ4n) is 1.48. The van der Waals surface area contributed by atoms with Gasteiger partial charge in [0.25, 0.3) is 0 Å². The molecule has 18 heavy (non-hydrogen) atoms. The van der Waals surface area contributed by atoms with E-state index in [9.17, 15) is 13.2 Å². The zero-order valence-corrected chi connectivity index (χ0v) is 12.0. The molecule has 0 nitrogen and oxygen atoms in total. The molecule has 0 amide bonds. The van der Waals surface area contributed by atoms with E-state index in [1.807, 2.05) is 5.38 Å². The van der Waals surface area contributed by atoms with Crippen molar-refractivity contribution >= 4 is 38.9 Å². The lowest BCUT2D eigenvalue weighted by Gasteiger charge is -2.11. The highest BCUT2D eigenvalue weighted by Crippen LogP contribution is 2.39. The maximum atomic E-state index is 12.4. The van der Waals surface area contributed by atoms with Gasteiger partial charge in [-0.2, -0.15) is 13.2 Å². The van der Waals surface area contributed by atoms with Crippen LogP contribution in [0.15, 0.2) is 35.7 Å². The Hall–Kier alpha value is -0.520. The highest BCUT2D eigenvalue weighted by atomic mass is 79.9. The molecule has 0 bridgehead atoms. The standard InChI is InChI=1S/C12H7BrClF3S/c13-10(11-9(14)5-6-18-11)7-1-3-8(4-2-7)12(15,16)17/h1-6,10H. The van der Waals surface area contributed by atoms with E-state index in [1.54, 1.807) is 6.07 Å². The Bertz CT molecular complexity index is 533. The van der Waals surface area contributed by atoms with Gasteiger partial charge in [0.2, 0.25) is 0 Å². The summed E-state index contributed by atoms with van der Waals surface area (Å²) in [5.74, 6) is 0. The van der Waals surface area contributed by atoms with Gasteiger partial charge < -0.3 is 0 Å². The minimum atomic E-state index is -4.30. The fourth-order valence-corrected chi connectivity index (χ4v) is 3.65. The number of rotatable bonds is 2. The van der Waals surface area contributed by atoms with Crippen molar-refractivity contribution in [3.05, 3.63) is 56.7 Å². The van der Waals surface area contributed by atoms with Crippen molar-refractivity contribution in [1.82, 2.24) is 0 Å². The first-order valence-corrected chi connectivity index (χ1v) is 7.11. The molecule has 1 unspecified atom stereocenters. The van der Waals surface area contributed by atoms with Gasteiger partial charge in [-0.15, -0.1) is 11.3 Å². The average molecular weight is 356 g/mol. The van der Waals surface area contributed by atoms with E-state index >= 15 is 0 Å². The zero-order chi connectivity index (χ0) is 13.3. The number of halogens is 5. The normalized spacial score (nSPS) is 13.6. The summed E-state index contributed by atoms with van der Waals surface area (Å²) in [6.07, 6.45) is -4.30. The molecule has 0 N–H and O–H groups in total. The topological polar surface area (TPSA) is 0 Å². The maximum absolute atomic E-state index is 12.4. The average Bonchev–Trinajstić information content (AvgIpc) is 2.73.